The third-order valence-electron chi connectivity index (χ3n) is 3.58. The number of hydrogen-bond acceptors (Lipinski definition) is 2. The largest absolute Gasteiger partial charge is 0.334 e. The van der Waals surface area contributed by atoms with E-state index in [4.69, 9.17) is 17.3 Å². The van der Waals surface area contributed by atoms with Gasteiger partial charge in [-0.15, -0.1) is 12.4 Å². The summed E-state index contributed by atoms with van der Waals surface area (Å²) in [6.45, 7) is 3.52. The average Bonchev–Trinajstić information content (AvgIpc) is 2.37. The molecule has 0 bridgehead atoms. The molecule has 1 aromatic rings. The first-order valence-corrected chi connectivity index (χ1v) is 6.76. The first-order valence-electron chi connectivity index (χ1n) is 6.38. The quantitative estimate of drug-likeness (QED) is 0.913. The van der Waals surface area contributed by atoms with Crippen molar-refractivity contribution in [2.45, 2.75) is 25.8 Å². The van der Waals surface area contributed by atoms with Gasteiger partial charge in [-0.1, -0.05) is 24.6 Å². The van der Waals surface area contributed by atoms with Gasteiger partial charge in [-0.2, -0.15) is 0 Å². The van der Waals surface area contributed by atoms with E-state index in [0.717, 1.165) is 19.4 Å². The van der Waals surface area contributed by atoms with E-state index >= 15 is 0 Å². The lowest BCUT2D eigenvalue weighted by molar-refractivity contribution is 0.0573. The molecule has 0 aromatic heterocycles. The van der Waals surface area contributed by atoms with Crippen LogP contribution in [0.25, 0.3) is 0 Å². The highest BCUT2D eigenvalue weighted by Gasteiger charge is 2.29. The number of nitrogens with two attached hydrogens (primary N) is 1. The number of likely N-dealkylation sites (tertiary alicyclic amines) is 1. The standard InChI is InChI=1S/C14H19ClN2O.ClH/c1-10-5-6-17(13(7-10)9-16)14(18)11-3-2-4-12(15)8-11;/h2-4,8,10,13H,5-7,9,16H2,1H3;1H. The summed E-state index contributed by atoms with van der Waals surface area (Å²) in [6, 6.07) is 7.26. The Bertz CT molecular complexity index is 439. The van der Waals surface area contributed by atoms with Crippen molar-refractivity contribution in [1.29, 1.82) is 0 Å². The second-order valence-electron chi connectivity index (χ2n) is 5.03. The Kier molecular flexibility index (Phi) is 6.11. The lowest BCUT2D eigenvalue weighted by Crippen LogP contribution is -2.49. The highest BCUT2D eigenvalue weighted by Crippen LogP contribution is 2.24. The van der Waals surface area contributed by atoms with Crippen molar-refractivity contribution in [2.75, 3.05) is 13.1 Å². The lowest BCUT2D eigenvalue weighted by Gasteiger charge is -2.38. The zero-order valence-electron chi connectivity index (χ0n) is 11.0. The molecule has 1 aliphatic rings. The van der Waals surface area contributed by atoms with Crippen LogP contribution >= 0.6 is 24.0 Å². The van der Waals surface area contributed by atoms with Gasteiger partial charge in [-0.25, -0.2) is 0 Å². The third kappa shape index (κ3) is 3.85. The van der Waals surface area contributed by atoms with Crippen LogP contribution in [0.1, 0.15) is 30.1 Å². The fraction of sp³-hybridized carbons (Fsp3) is 0.500. The van der Waals surface area contributed by atoms with E-state index in [1.807, 2.05) is 4.90 Å². The molecular weight excluding hydrogens is 283 g/mol. The molecule has 1 heterocycles. The molecule has 2 rings (SSSR count). The highest BCUT2D eigenvalue weighted by atomic mass is 35.5. The number of carbonyl (C=O) groups excluding carboxylic acids is 1. The molecule has 2 atom stereocenters. The topological polar surface area (TPSA) is 46.3 Å². The predicted octanol–water partition coefficient (Wildman–Crippen LogP) is 2.96. The second kappa shape index (κ2) is 7.13. The van der Waals surface area contributed by atoms with Crippen LogP contribution in [0.2, 0.25) is 5.02 Å². The first kappa shape index (κ1) is 16.3. The lowest BCUT2D eigenvalue weighted by atomic mass is 9.92. The van der Waals surface area contributed by atoms with Crippen LogP contribution in [-0.4, -0.2) is 29.9 Å². The van der Waals surface area contributed by atoms with E-state index in [2.05, 4.69) is 6.92 Å². The first-order chi connectivity index (χ1) is 8.61. The Morgan fingerprint density at radius 3 is 2.89 bits per heavy atom. The highest BCUT2D eigenvalue weighted by molar-refractivity contribution is 6.30. The minimum atomic E-state index is 0. The van der Waals surface area contributed by atoms with E-state index in [0.29, 0.717) is 23.0 Å². The number of benzene rings is 1. The minimum absolute atomic E-state index is 0. The summed E-state index contributed by atoms with van der Waals surface area (Å²) in [6.07, 6.45) is 2.03. The molecule has 19 heavy (non-hydrogen) atoms. The zero-order valence-corrected chi connectivity index (χ0v) is 12.6. The predicted molar refractivity (Wildman–Crippen MR) is 81.0 cm³/mol. The fourth-order valence-corrected chi connectivity index (χ4v) is 2.72. The van der Waals surface area contributed by atoms with E-state index in [1.54, 1.807) is 24.3 Å². The van der Waals surface area contributed by atoms with Gasteiger partial charge < -0.3 is 10.6 Å². The molecule has 0 radical (unpaired) electrons. The second-order valence-corrected chi connectivity index (χ2v) is 5.46. The van der Waals surface area contributed by atoms with Gasteiger partial charge in [0.15, 0.2) is 0 Å². The van der Waals surface area contributed by atoms with Crippen molar-refractivity contribution in [2.24, 2.45) is 11.7 Å². The van der Waals surface area contributed by atoms with Crippen molar-refractivity contribution in [1.82, 2.24) is 4.90 Å². The van der Waals surface area contributed by atoms with Crippen molar-refractivity contribution in [3.05, 3.63) is 34.9 Å². The van der Waals surface area contributed by atoms with Gasteiger partial charge in [-0.3, -0.25) is 4.79 Å². The summed E-state index contributed by atoms with van der Waals surface area (Å²) in [7, 11) is 0. The summed E-state index contributed by atoms with van der Waals surface area (Å²) >= 11 is 5.93. The van der Waals surface area contributed by atoms with E-state index in [1.165, 1.54) is 0 Å². The number of piperidine rings is 1. The maximum Gasteiger partial charge on any atom is 0.254 e. The molecule has 1 fully saturated rings. The van der Waals surface area contributed by atoms with E-state index in [9.17, 15) is 4.79 Å². The van der Waals surface area contributed by atoms with Crippen molar-refractivity contribution in [3.8, 4) is 0 Å². The normalized spacial score (nSPS) is 22.8. The summed E-state index contributed by atoms with van der Waals surface area (Å²) in [4.78, 5) is 14.3. The molecular formula is C14H20Cl2N2O. The minimum Gasteiger partial charge on any atom is -0.334 e. The molecule has 1 aliphatic heterocycles. The maximum atomic E-state index is 12.4. The van der Waals surface area contributed by atoms with Crippen LogP contribution in [-0.2, 0) is 0 Å². The Labute approximate surface area is 125 Å². The summed E-state index contributed by atoms with van der Waals surface area (Å²) in [5.74, 6) is 0.682. The monoisotopic (exact) mass is 302 g/mol. The molecule has 0 spiro atoms. The van der Waals surface area contributed by atoms with Crippen LogP contribution in [0.15, 0.2) is 24.3 Å². The number of halogens is 2. The van der Waals surface area contributed by atoms with Crippen molar-refractivity contribution in [3.63, 3.8) is 0 Å². The van der Waals surface area contributed by atoms with Gasteiger partial charge in [-0.05, 0) is 37.0 Å². The number of amides is 1. The Balaban J connectivity index is 0.00000180. The summed E-state index contributed by atoms with van der Waals surface area (Å²) < 4.78 is 0. The number of rotatable bonds is 2. The number of carbonyl (C=O) groups is 1. The van der Waals surface area contributed by atoms with Gasteiger partial charge in [0, 0.05) is 29.7 Å². The van der Waals surface area contributed by atoms with Crippen LogP contribution < -0.4 is 5.73 Å². The molecule has 1 amide bonds. The van der Waals surface area contributed by atoms with E-state index in [-0.39, 0.29) is 24.4 Å². The molecule has 0 aliphatic carbocycles. The van der Waals surface area contributed by atoms with E-state index < -0.39 is 0 Å². The van der Waals surface area contributed by atoms with Gasteiger partial charge in [0.05, 0.1) is 0 Å². The van der Waals surface area contributed by atoms with Crippen LogP contribution in [0.5, 0.6) is 0 Å². The molecule has 0 saturated carbocycles. The van der Waals surface area contributed by atoms with Crippen LogP contribution in [0.4, 0.5) is 0 Å². The smallest absolute Gasteiger partial charge is 0.254 e. The van der Waals surface area contributed by atoms with Crippen LogP contribution in [0, 0.1) is 5.92 Å². The third-order valence-corrected chi connectivity index (χ3v) is 3.82. The van der Waals surface area contributed by atoms with Crippen LogP contribution in [0.3, 0.4) is 0 Å². The fourth-order valence-electron chi connectivity index (χ4n) is 2.53. The van der Waals surface area contributed by atoms with Gasteiger partial charge >= 0.3 is 0 Å². The molecule has 1 aromatic carbocycles. The summed E-state index contributed by atoms with van der Waals surface area (Å²) in [5.41, 5.74) is 6.43. The molecule has 1 saturated heterocycles. The van der Waals surface area contributed by atoms with Crippen molar-refractivity contribution < 1.29 is 4.79 Å². The average molecular weight is 303 g/mol. The molecule has 3 nitrogen and oxygen atoms in total. The zero-order chi connectivity index (χ0) is 13.1. The van der Waals surface area contributed by atoms with Gasteiger partial charge in [0.2, 0.25) is 0 Å². The maximum absolute atomic E-state index is 12.4. The Morgan fingerprint density at radius 2 is 2.26 bits per heavy atom. The number of nitrogens with zero attached hydrogens (tertiary/aromatic N) is 1. The molecule has 2 N–H and O–H groups in total. The Hall–Kier alpha value is -0.770. The van der Waals surface area contributed by atoms with Gasteiger partial charge in [0.25, 0.3) is 5.91 Å². The molecule has 106 valence electrons. The summed E-state index contributed by atoms with van der Waals surface area (Å²) in [5, 5.41) is 0.593. The molecule has 2 unspecified atom stereocenters. The van der Waals surface area contributed by atoms with Gasteiger partial charge in [0.1, 0.15) is 0 Å². The van der Waals surface area contributed by atoms with Crippen molar-refractivity contribution >= 4 is 29.9 Å². The molecule has 5 heteroatoms. The Morgan fingerprint density at radius 1 is 1.53 bits per heavy atom. The number of hydrogen-bond donors (Lipinski definition) is 1. The SMILES string of the molecule is CC1CCN(C(=O)c2cccc(Cl)c2)C(CN)C1.Cl.